The van der Waals surface area contributed by atoms with Gasteiger partial charge in [-0.05, 0) is 12.0 Å². The summed E-state index contributed by atoms with van der Waals surface area (Å²) in [6.45, 7) is 2.81. The van der Waals surface area contributed by atoms with E-state index in [0.29, 0.717) is 13.0 Å². The number of methoxy groups -OCH3 is 1. The van der Waals surface area contributed by atoms with E-state index in [4.69, 9.17) is 9.47 Å². The second-order valence-electron chi connectivity index (χ2n) is 6.82. The van der Waals surface area contributed by atoms with Crippen molar-refractivity contribution in [1.29, 1.82) is 0 Å². The molecule has 0 fully saturated rings. The molecule has 0 heterocycles. The highest BCUT2D eigenvalue weighted by molar-refractivity contribution is 5.69. The number of benzene rings is 1. The molecule has 25 heavy (non-hydrogen) atoms. The van der Waals surface area contributed by atoms with Gasteiger partial charge in [0.2, 0.25) is 0 Å². The lowest BCUT2D eigenvalue weighted by Crippen LogP contribution is -2.18. The Balaban J connectivity index is 2.18. The van der Waals surface area contributed by atoms with E-state index >= 15 is 0 Å². The Labute approximate surface area is 154 Å². The van der Waals surface area contributed by atoms with Crippen molar-refractivity contribution in [2.75, 3.05) is 7.11 Å². The van der Waals surface area contributed by atoms with Gasteiger partial charge in [0.15, 0.2) is 0 Å². The van der Waals surface area contributed by atoms with E-state index in [9.17, 15) is 4.79 Å². The van der Waals surface area contributed by atoms with Crippen molar-refractivity contribution in [3.05, 3.63) is 35.9 Å². The van der Waals surface area contributed by atoms with Crippen molar-refractivity contribution < 1.29 is 14.3 Å². The molecule has 1 atom stereocenters. The van der Waals surface area contributed by atoms with Crippen LogP contribution in [0.15, 0.2) is 30.3 Å². The van der Waals surface area contributed by atoms with Gasteiger partial charge in [-0.3, -0.25) is 4.79 Å². The number of esters is 1. The van der Waals surface area contributed by atoms with Gasteiger partial charge in [-0.15, -0.1) is 0 Å². The Hall–Kier alpha value is -1.35. The number of carbonyl (C=O) groups is 1. The second kappa shape index (κ2) is 14.9. The maximum Gasteiger partial charge on any atom is 0.308 e. The van der Waals surface area contributed by atoms with Gasteiger partial charge in [-0.1, -0.05) is 95.0 Å². The van der Waals surface area contributed by atoms with Crippen molar-refractivity contribution in [3.63, 3.8) is 0 Å². The Morgan fingerprint density at radius 1 is 0.920 bits per heavy atom. The summed E-state index contributed by atoms with van der Waals surface area (Å²) in [5.41, 5.74) is 1.14. The predicted molar refractivity (Wildman–Crippen MR) is 103 cm³/mol. The molecule has 0 radical (unpaired) electrons. The SMILES string of the molecule is CCCCCCCCCCCC(CC(=O)OC)OCc1ccccc1. The minimum absolute atomic E-state index is 0.0442. The highest BCUT2D eigenvalue weighted by Gasteiger charge is 2.15. The van der Waals surface area contributed by atoms with Crippen LogP contribution < -0.4 is 0 Å². The van der Waals surface area contributed by atoms with Crippen LogP contribution in [0.5, 0.6) is 0 Å². The lowest BCUT2D eigenvalue weighted by molar-refractivity contribution is -0.144. The molecule has 0 aliphatic carbocycles. The summed E-state index contributed by atoms with van der Waals surface area (Å²) in [7, 11) is 1.44. The van der Waals surface area contributed by atoms with Gasteiger partial charge in [0.25, 0.3) is 0 Å². The number of ether oxygens (including phenoxy) is 2. The van der Waals surface area contributed by atoms with E-state index in [1.807, 2.05) is 30.3 Å². The zero-order chi connectivity index (χ0) is 18.2. The molecule has 1 aromatic rings. The number of unbranched alkanes of at least 4 members (excludes halogenated alkanes) is 8. The number of hydrogen-bond donors (Lipinski definition) is 0. The van der Waals surface area contributed by atoms with Gasteiger partial charge in [-0.2, -0.15) is 0 Å². The van der Waals surface area contributed by atoms with E-state index < -0.39 is 0 Å². The van der Waals surface area contributed by atoms with E-state index in [2.05, 4.69) is 6.92 Å². The summed E-state index contributed by atoms with van der Waals surface area (Å²) in [6.07, 6.45) is 13.0. The highest BCUT2D eigenvalue weighted by Crippen LogP contribution is 2.16. The smallest absolute Gasteiger partial charge is 0.308 e. The van der Waals surface area contributed by atoms with E-state index in [1.54, 1.807) is 0 Å². The maximum atomic E-state index is 11.6. The lowest BCUT2D eigenvalue weighted by atomic mass is 10.0. The fourth-order valence-electron chi connectivity index (χ4n) is 2.98. The molecule has 0 amide bonds. The minimum Gasteiger partial charge on any atom is -0.469 e. The van der Waals surface area contributed by atoms with E-state index in [-0.39, 0.29) is 12.1 Å². The molecule has 1 rings (SSSR count). The molecule has 1 aromatic carbocycles. The normalized spacial score (nSPS) is 12.1. The summed E-state index contributed by atoms with van der Waals surface area (Å²) in [5, 5.41) is 0. The first-order valence-electron chi connectivity index (χ1n) is 9.98. The van der Waals surface area contributed by atoms with Crippen LogP contribution >= 0.6 is 0 Å². The summed E-state index contributed by atoms with van der Waals surface area (Å²) in [5.74, 6) is -0.186. The Morgan fingerprint density at radius 2 is 1.52 bits per heavy atom. The highest BCUT2D eigenvalue weighted by atomic mass is 16.5. The van der Waals surface area contributed by atoms with Crippen molar-refractivity contribution >= 4 is 5.97 Å². The van der Waals surface area contributed by atoms with Gasteiger partial charge in [-0.25, -0.2) is 0 Å². The Kier molecular flexibility index (Phi) is 13.0. The van der Waals surface area contributed by atoms with Crippen molar-refractivity contribution in [3.8, 4) is 0 Å². The summed E-state index contributed by atoms with van der Waals surface area (Å²) >= 11 is 0. The van der Waals surface area contributed by atoms with Crippen LogP contribution in [0.3, 0.4) is 0 Å². The van der Waals surface area contributed by atoms with E-state index in [0.717, 1.165) is 18.4 Å². The topological polar surface area (TPSA) is 35.5 Å². The maximum absolute atomic E-state index is 11.6. The van der Waals surface area contributed by atoms with Gasteiger partial charge in [0.1, 0.15) is 0 Å². The van der Waals surface area contributed by atoms with Crippen molar-refractivity contribution in [2.24, 2.45) is 0 Å². The molecule has 0 aliphatic heterocycles. The molecule has 3 nitrogen and oxygen atoms in total. The third kappa shape index (κ3) is 11.8. The molecule has 0 saturated heterocycles. The largest absolute Gasteiger partial charge is 0.469 e. The summed E-state index contributed by atoms with van der Waals surface area (Å²) < 4.78 is 10.8. The average molecular weight is 349 g/mol. The quantitative estimate of drug-likeness (QED) is 0.286. The molecule has 3 heteroatoms. The van der Waals surface area contributed by atoms with Crippen molar-refractivity contribution in [2.45, 2.75) is 90.3 Å². The average Bonchev–Trinajstić information content (AvgIpc) is 2.65. The standard InChI is InChI=1S/C22H36O3/c1-3-4-5-6-7-8-9-10-14-17-21(18-22(23)24-2)25-19-20-15-12-11-13-16-20/h11-13,15-16,21H,3-10,14,17-19H2,1-2H3. The third-order valence-corrected chi connectivity index (χ3v) is 4.58. The zero-order valence-electron chi connectivity index (χ0n) is 16.2. The van der Waals surface area contributed by atoms with Crippen LogP contribution in [0.1, 0.15) is 83.1 Å². The van der Waals surface area contributed by atoms with Crippen LogP contribution in [-0.4, -0.2) is 19.2 Å². The van der Waals surface area contributed by atoms with Crippen LogP contribution in [0, 0.1) is 0 Å². The van der Waals surface area contributed by atoms with Crippen molar-refractivity contribution in [1.82, 2.24) is 0 Å². The zero-order valence-corrected chi connectivity index (χ0v) is 16.2. The fraction of sp³-hybridized carbons (Fsp3) is 0.682. The molecule has 142 valence electrons. The van der Waals surface area contributed by atoms with Crippen LogP contribution in [-0.2, 0) is 20.9 Å². The summed E-state index contributed by atoms with van der Waals surface area (Å²) in [4.78, 5) is 11.6. The Morgan fingerprint density at radius 3 is 2.12 bits per heavy atom. The fourth-order valence-corrected chi connectivity index (χ4v) is 2.98. The predicted octanol–water partition coefficient (Wildman–Crippen LogP) is 6.06. The molecular weight excluding hydrogens is 312 g/mol. The number of rotatable bonds is 15. The monoisotopic (exact) mass is 348 g/mol. The van der Waals surface area contributed by atoms with Gasteiger partial charge >= 0.3 is 5.97 Å². The molecule has 0 spiro atoms. The molecule has 0 aliphatic rings. The second-order valence-corrected chi connectivity index (χ2v) is 6.82. The van der Waals surface area contributed by atoms with Gasteiger partial charge < -0.3 is 9.47 Å². The number of carbonyl (C=O) groups excluding carboxylic acids is 1. The first-order chi connectivity index (χ1) is 12.3. The van der Waals surface area contributed by atoms with Crippen LogP contribution in [0.4, 0.5) is 0 Å². The molecule has 1 unspecified atom stereocenters. The van der Waals surface area contributed by atoms with Crippen LogP contribution in [0.2, 0.25) is 0 Å². The molecule has 0 aromatic heterocycles. The van der Waals surface area contributed by atoms with Gasteiger partial charge in [0, 0.05) is 0 Å². The van der Waals surface area contributed by atoms with E-state index in [1.165, 1.54) is 58.5 Å². The third-order valence-electron chi connectivity index (χ3n) is 4.58. The van der Waals surface area contributed by atoms with Crippen LogP contribution in [0.25, 0.3) is 0 Å². The first-order valence-corrected chi connectivity index (χ1v) is 9.98. The molecular formula is C22H36O3. The first kappa shape index (κ1) is 21.7. The molecule has 0 saturated carbocycles. The van der Waals surface area contributed by atoms with Gasteiger partial charge in [0.05, 0.1) is 26.2 Å². The summed E-state index contributed by atoms with van der Waals surface area (Å²) in [6, 6.07) is 10.1. The number of hydrogen-bond acceptors (Lipinski definition) is 3. The molecule has 0 N–H and O–H groups in total. The Bertz CT molecular complexity index is 430. The minimum atomic E-state index is -0.186. The lowest BCUT2D eigenvalue weighted by Gasteiger charge is -2.17. The molecule has 0 bridgehead atoms.